The molecule has 0 saturated heterocycles. The van der Waals surface area contributed by atoms with Gasteiger partial charge in [-0.05, 0) is 31.2 Å². The summed E-state index contributed by atoms with van der Waals surface area (Å²) in [5.41, 5.74) is 2.15. The second-order valence-electron chi connectivity index (χ2n) is 4.81. The summed E-state index contributed by atoms with van der Waals surface area (Å²) >= 11 is 0. The molecule has 1 N–H and O–H groups in total. The number of aromatic nitrogens is 2. The maximum atomic E-state index is 5.36. The van der Waals surface area contributed by atoms with Crippen molar-refractivity contribution in [2.75, 3.05) is 5.32 Å². The van der Waals surface area contributed by atoms with Crippen LogP contribution in [0.2, 0.25) is 0 Å². The van der Waals surface area contributed by atoms with Gasteiger partial charge in [0, 0.05) is 19.5 Å². The monoisotopic (exact) mass is 255 g/mol. The van der Waals surface area contributed by atoms with E-state index in [4.69, 9.17) is 4.42 Å². The van der Waals surface area contributed by atoms with E-state index in [0.29, 0.717) is 0 Å². The molecule has 2 heterocycles. The van der Waals surface area contributed by atoms with E-state index in [9.17, 15) is 0 Å². The molecule has 0 aliphatic rings. The molecule has 0 aliphatic carbocycles. The van der Waals surface area contributed by atoms with E-state index in [2.05, 4.69) is 27.9 Å². The van der Waals surface area contributed by atoms with Gasteiger partial charge in [0.25, 0.3) is 0 Å². The highest BCUT2D eigenvalue weighted by Gasteiger charge is 2.11. The minimum Gasteiger partial charge on any atom is -0.469 e. The summed E-state index contributed by atoms with van der Waals surface area (Å²) in [5.74, 6) is 1.87. The fourth-order valence-corrected chi connectivity index (χ4v) is 2.28. The SMILES string of the molecule is CC(Cc1ccco1)Nc1nc2ccccc2n1C. The van der Waals surface area contributed by atoms with Crippen LogP contribution < -0.4 is 5.32 Å². The lowest BCUT2D eigenvalue weighted by Gasteiger charge is -2.13. The fourth-order valence-electron chi connectivity index (χ4n) is 2.28. The highest BCUT2D eigenvalue weighted by molar-refractivity contribution is 5.78. The largest absolute Gasteiger partial charge is 0.469 e. The van der Waals surface area contributed by atoms with Crippen molar-refractivity contribution in [1.82, 2.24) is 9.55 Å². The lowest BCUT2D eigenvalue weighted by atomic mass is 10.2. The minimum atomic E-state index is 0.265. The van der Waals surface area contributed by atoms with Crippen molar-refractivity contribution in [3.05, 3.63) is 48.4 Å². The molecule has 0 amide bonds. The summed E-state index contributed by atoms with van der Waals surface area (Å²) in [6, 6.07) is 12.3. The van der Waals surface area contributed by atoms with E-state index in [-0.39, 0.29) is 6.04 Å². The Hall–Kier alpha value is -2.23. The lowest BCUT2D eigenvalue weighted by molar-refractivity contribution is 0.497. The Morgan fingerprint density at radius 3 is 2.84 bits per heavy atom. The van der Waals surface area contributed by atoms with Gasteiger partial charge in [-0.25, -0.2) is 4.98 Å². The standard InChI is InChI=1S/C15H17N3O/c1-11(10-12-6-5-9-19-12)16-15-17-13-7-3-4-8-14(13)18(15)2/h3-9,11H,10H2,1-2H3,(H,16,17). The van der Waals surface area contributed by atoms with E-state index in [1.807, 2.05) is 37.4 Å². The summed E-state index contributed by atoms with van der Waals surface area (Å²) in [7, 11) is 2.03. The third-order valence-electron chi connectivity index (χ3n) is 3.25. The molecule has 1 aromatic carbocycles. The minimum absolute atomic E-state index is 0.265. The normalized spacial score (nSPS) is 12.7. The first-order valence-corrected chi connectivity index (χ1v) is 6.44. The Balaban J connectivity index is 1.79. The number of rotatable bonds is 4. The zero-order chi connectivity index (χ0) is 13.2. The van der Waals surface area contributed by atoms with Crippen molar-refractivity contribution in [1.29, 1.82) is 0 Å². The van der Waals surface area contributed by atoms with Crippen LogP contribution in [-0.4, -0.2) is 15.6 Å². The molecule has 0 radical (unpaired) electrons. The van der Waals surface area contributed by atoms with E-state index in [0.717, 1.165) is 29.2 Å². The van der Waals surface area contributed by atoms with Crippen LogP contribution in [0.15, 0.2) is 47.1 Å². The van der Waals surface area contributed by atoms with Gasteiger partial charge in [0.1, 0.15) is 5.76 Å². The summed E-state index contributed by atoms with van der Waals surface area (Å²) in [4.78, 5) is 4.60. The molecule has 19 heavy (non-hydrogen) atoms. The van der Waals surface area contributed by atoms with Gasteiger partial charge in [-0.3, -0.25) is 0 Å². The van der Waals surface area contributed by atoms with Gasteiger partial charge in [-0.15, -0.1) is 0 Å². The summed E-state index contributed by atoms with van der Waals surface area (Å²) in [6.45, 7) is 2.13. The van der Waals surface area contributed by atoms with Crippen molar-refractivity contribution < 1.29 is 4.42 Å². The number of hydrogen-bond donors (Lipinski definition) is 1. The Kier molecular flexibility index (Phi) is 2.99. The van der Waals surface area contributed by atoms with Crippen LogP contribution in [0, 0.1) is 0 Å². The second kappa shape index (κ2) is 4.80. The first kappa shape index (κ1) is 11.8. The average molecular weight is 255 g/mol. The van der Waals surface area contributed by atoms with Gasteiger partial charge >= 0.3 is 0 Å². The molecule has 2 aromatic heterocycles. The molecular weight excluding hydrogens is 238 g/mol. The van der Waals surface area contributed by atoms with Crippen molar-refractivity contribution in [3.63, 3.8) is 0 Å². The summed E-state index contributed by atoms with van der Waals surface area (Å²) in [5, 5.41) is 3.43. The van der Waals surface area contributed by atoms with Crippen LogP contribution in [0.1, 0.15) is 12.7 Å². The van der Waals surface area contributed by atoms with E-state index >= 15 is 0 Å². The van der Waals surface area contributed by atoms with Crippen LogP contribution in [0.3, 0.4) is 0 Å². The van der Waals surface area contributed by atoms with Crippen molar-refractivity contribution in [3.8, 4) is 0 Å². The Bertz CT molecular complexity index is 670. The predicted molar refractivity (Wildman–Crippen MR) is 76.2 cm³/mol. The number of furan rings is 1. The van der Waals surface area contributed by atoms with Crippen LogP contribution >= 0.6 is 0 Å². The number of benzene rings is 1. The van der Waals surface area contributed by atoms with E-state index < -0.39 is 0 Å². The van der Waals surface area contributed by atoms with E-state index in [1.165, 1.54) is 0 Å². The third-order valence-corrected chi connectivity index (χ3v) is 3.25. The predicted octanol–water partition coefficient (Wildman–Crippen LogP) is 3.21. The second-order valence-corrected chi connectivity index (χ2v) is 4.81. The number of nitrogens with one attached hydrogen (secondary N) is 1. The molecule has 0 saturated carbocycles. The van der Waals surface area contributed by atoms with Gasteiger partial charge in [-0.2, -0.15) is 0 Å². The molecule has 4 heteroatoms. The number of aryl methyl sites for hydroxylation is 1. The highest BCUT2D eigenvalue weighted by Crippen LogP contribution is 2.18. The van der Waals surface area contributed by atoms with Crippen LogP contribution in [-0.2, 0) is 13.5 Å². The molecular formula is C15H17N3O. The number of fused-ring (bicyclic) bond motifs is 1. The first-order valence-electron chi connectivity index (χ1n) is 6.44. The Morgan fingerprint density at radius 1 is 1.26 bits per heavy atom. The third kappa shape index (κ3) is 2.34. The zero-order valence-corrected chi connectivity index (χ0v) is 11.1. The van der Waals surface area contributed by atoms with Gasteiger partial charge in [0.2, 0.25) is 5.95 Å². The fraction of sp³-hybridized carbons (Fsp3) is 0.267. The van der Waals surface area contributed by atoms with Crippen LogP contribution in [0.5, 0.6) is 0 Å². The lowest BCUT2D eigenvalue weighted by Crippen LogP contribution is -2.20. The number of hydrogen-bond acceptors (Lipinski definition) is 3. The van der Waals surface area contributed by atoms with Gasteiger partial charge in [0.15, 0.2) is 0 Å². The molecule has 0 bridgehead atoms. The molecule has 0 aliphatic heterocycles. The number of anilines is 1. The van der Waals surface area contributed by atoms with Gasteiger partial charge in [-0.1, -0.05) is 12.1 Å². The molecule has 0 fully saturated rings. The molecule has 1 unspecified atom stereocenters. The van der Waals surface area contributed by atoms with Crippen molar-refractivity contribution in [2.45, 2.75) is 19.4 Å². The molecule has 4 nitrogen and oxygen atoms in total. The number of nitrogens with zero attached hydrogens (tertiary/aromatic N) is 2. The number of para-hydroxylation sites is 2. The Labute approximate surface area is 112 Å². The van der Waals surface area contributed by atoms with Gasteiger partial charge < -0.3 is 14.3 Å². The highest BCUT2D eigenvalue weighted by atomic mass is 16.3. The van der Waals surface area contributed by atoms with Crippen LogP contribution in [0.25, 0.3) is 11.0 Å². The molecule has 0 spiro atoms. The number of imidazole rings is 1. The maximum Gasteiger partial charge on any atom is 0.203 e. The van der Waals surface area contributed by atoms with Crippen molar-refractivity contribution in [2.24, 2.45) is 7.05 Å². The first-order chi connectivity index (χ1) is 9.24. The van der Waals surface area contributed by atoms with Gasteiger partial charge in [0.05, 0.1) is 17.3 Å². The molecule has 98 valence electrons. The smallest absolute Gasteiger partial charge is 0.203 e. The molecule has 3 rings (SSSR count). The van der Waals surface area contributed by atoms with E-state index in [1.54, 1.807) is 6.26 Å². The maximum absolute atomic E-state index is 5.36. The Morgan fingerprint density at radius 2 is 2.11 bits per heavy atom. The van der Waals surface area contributed by atoms with Crippen LogP contribution in [0.4, 0.5) is 5.95 Å². The zero-order valence-electron chi connectivity index (χ0n) is 11.1. The quantitative estimate of drug-likeness (QED) is 0.778. The summed E-state index contributed by atoms with van der Waals surface area (Å²) in [6.07, 6.45) is 2.55. The topological polar surface area (TPSA) is 43.0 Å². The average Bonchev–Trinajstić information content (AvgIpc) is 3.00. The summed E-state index contributed by atoms with van der Waals surface area (Å²) < 4.78 is 7.44. The molecule has 1 atom stereocenters. The molecule has 3 aromatic rings. The van der Waals surface area contributed by atoms with Crippen molar-refractivity contribution >= 4 is 17.0 Å².